The molecule has 0 heterocycles. The third-order valence-electron chi connectivity index (χ3n) is 3.79. The smallest absolute Gasteiger partial charge is 0.242 e. The molecule has 0 bridgehead atoms. The summed E-state index contributed by atoms with van der Waals surface area (Å²) < 4.78 is 37.7. The van der Waals surface area contributed by atoms with E-state index in [1.807, 2.05) is 19.1 Å². The van der Waals surface area contributed by atoms with Gasteiger partial charge in [0.15, 0.2) is 11.5 Å². The molecule has 7 nitrogen and oxygen atoms in total. The van der Waals surface area contributed by atoms with Crippen LogP contribution in [0, 0.1) is 6.92 Å². The van der Waals surface area contributed by atoms with Gasteiger partial charge in [-0.15, -0.1) is 0 Å². The number of anilines is 1. The number of hydrogen-bond donors (Lipinski definition) is 2. The Balaban J connectivity index is 2.15. The summed E-state index contributed by atoms with van der Waals surface area (Å²) in [6, 6.07) is 10.5. The minimum atomic E-state index is -3.91. The Kier molecular flexibility index (Phi) is 6.23. The number of benzene rings is 2. The predicted molar refractivity (Wildman–Crippen MR) is 99.1 cm³/mol. The van der Waals surface area contributed by atoms with Crippen LogP contribution >= 0.6 is 0 Å². The van der Waals surface area contributed by atoms with Gasteiger partial charge in [0.25, 0.3) is 0 Å². The molecule has 0 aliphatic heterocycles. The topological polar surface area (TPSA) is 93.7 Å². The lowest BCUT2D eigenvalue weighted by atomic mass is 10.2. The Morgan fingerprint density at radius 2 is 1.69 bits per heavy atom. The summed E-state index contributed by atoms with van der Waals surface area (Å²) in [5, 5.41) is 2.71. The zero-order valence-electron chi connectivity index (χ0n) is 15.1. The number of para-hydroxylation sites is 1. The maximum Gasteiger partial charge on any atom is 0.242 e. The Labute approximate surface area is 153 Å². The number of hydrogen-bond acceptors (Lipinski definition) is 5. The maximum atomic E-state index is 12.5. The lowest BCUT2D eigenvalue weighted by Crippen LogP contribution is -2.41. The molecule has 0 spiro atoms. The first-order chi connectivity index (χ1) is 12.3. The molecular weight excluding hydrogens is 356 g/mol. The Morgan fingerprint density at radius 1 is 1.04 bits per heavy atom. The second-order valence-electron chi connectivity index (χ2n) is 5.66. The van der Waals surface area contributed by atoms with E-state index in [-0.39, 0.29) is 10.6 Å². The van der Waals surface area contributed by atoms with E-state index in [4.69, 9.17) is 9.47 Å². The minimum Gasteiger partial charge on any atom is -0.493 e. The summed E-state index contributed by atoms with van der Waals surface area (Å²) in [5.41, 5.74) is 1.52. The molecular formula is C18H22N2O5S. The average Bonchev–Trinajstić information content (AvgIpc) is 2.62. The van der Waals surface area contributed by atoms with Crippen molar-refractivity contribution in [1.29, 1.82) is 0 Å². The van der Waals surface area contributed by atoms with E-state index in [1.54, 1.807) is 12.1 Å². The van der Waals surface area contributed by atoms with Crippen molar-refractivity contribution in [3.8, 4) is 11.5 Å². The number of carbonyl (C=O) groups excluding carboxylic acids is 1. The van der Waals surface area contributed by atoms with Gasteiger partial charge >= 0.3 is 0 Å². The van der Waals surface area contributed by atoms with Crippen LogP contribution in [0.4, 0.5) is 5.69 Å². The average molecular weight is 378 g/mol. The van der Waals surface area contributed by atoms with E-state index in [2.05, 4.69) is 10.0 Å². The lowest BCUT2D eigenvalue weighted by molar-refractivity contribution is -0.117. The van der Waals surface area contributed by atoms with Gasteiger partial charge in [0.1, 0.15) is 0 Å². The molecule has 0 aliphatic rings. The van der Waals surface area contributed by atoms with Crippen LogP contribution in [-0.2, 0) is 14.8 Å². The molecule has 26 heavy (non-hydrogen) atoms. The van der Waals surface area contributed by atoms with E-state index >= 15 is 0 Å². The normalized spacial score (nSPS) is 12.3. The summed E-state index contributed by atoms with van der Waals surface area (Å²) in [6.07, 6.45) is 0. The van der Waals surface area contributed by atoms with Gasteiger partial charge in [-0.05, 0) is 37.6 Å². The molecule has 8 heteroatoms. The highest BCUT2D eigenvalue weighted by atomic mass is 32.2. The van der Waals surface area contributed by atoms with Crippen molar-refractivity contribution in [2.45, 2.75) is 24.8 Å². The summed E-state index contributed by atoms with van der Waals surface area (Å²) in [4.78, 5) is 12.3. The molecule has 2 N–H and O–H groups in total. The summed E-state index contributed by atoms with van der Waals surface area (Å²) in [5.74, 6) is 0.243. The van der Waals surface area contributed by atoms with Crippen LogP contribution in [0.1, 0.15) is 12.5 Å². The number of carbonyl (C=O) groups is 1. The molecule has 1 amide bonds. The second-order valence-corrected chi connectivity index (χ2v) is 7.38. The van der Waals surface area contributed by atoms with Gasteiger partial charge < -0.3 is 14.8 Å². The Hall–Kier alpha value is -2.58. The first kappa shape index (κ1) is 19.7. The van der Waals surface area contributed by atoms with Crippen molar-refractivity contribution in [1.82, 2.24) is 4.72 Å². The molecule has 0 radical (unpaired) electrons. The minimum absolute atomic E-state index is 0.0225. The van der Waals surface area contributed by atoms with Gasteiger partial charge in [0.2, 0.25) is 15.9 Å². The van der Waals surface area contributed by atoms with Gasteiger partial charge in [0, 0.05) is 11.8 Å². The third kappa shape index (κ3) is 4.53. The van der Waals surface area contributed by atoms with Crippen molar-refractivity contribution in [2.24, 2.45) is 0 Å². The molecule has 0 saturated heterocycles. The molecule has 0 saturated carbocycles. The first-order valence-corrected chi connectivity index (χ1v) is 9.37. The zero-order valence-corrected chi connectivity index (χ0v) is 15.9. The molecule has 0 aliphatic carbocycles. The fraction of sp³-hybridized carbons (Fsp3) is 0.278. The van der Waals surface area contributed by atoms with E-state index in [0.29, 0.717) is 11.4 Å². The first-order valence-electron chi connectivity index (χ1n) is 7.89. The molecule has 2 aromatic carbocycles. The number of methoxy groups -OCH3 is 2. The molecule has 2 rings (SSSR count). The van der Waals surface area contributed by atoms with E-state index < -0.39 is 22.0 Å². The van der Waals surface area contributed by atoms with Gasteiger partial charge in [0.05, 0.1) is 25.2 Å². The van der Waals surface area contributed by atoms with Crippen molar-refractivity contribution >= 4 is 21.6 Å². The molecule has 0 aromatic heterocycles. The van der Waals surface area contributed by atoms with Crippen LogP contribution in [-0.4, -0.2) is 34.6 Å². The standard InChI is InChI=1S/C18H22N2O5S/c1-12-7-5-6-8-15(12)19-18(21)13(2)20-26(22,23)14-9-10-16(24-3)17(11-14)25-4/h5-11,13,20H,1-4H3,(H,19,21). The zero-order chi connectivity index (χ0) is 19.3. The van der Waals surface area contributed by atoms with Crippen molar-refractivity contribution in [3.63, 3.8) is 0 Å². The van der Waals surface area contributed by atoms with Crippen LogP contribution in [0.15, 0.2) is 47.4 Å². The fourth-order valence-corrected chi connectivity index (χ4v) is 3.51. The summed E-state index contributed by atoms with van der Waals surface area (Å²) in [7, 11) is -1.03. The van der Waals surface area contributed by atoms with Gasteiger partial charge in [-0.2, -0.15) is 4.72 Å². The largest absolute Gasteiger partial charge is 0.493 e. The highest BCUT2D eigenvalue weighted by Crippen LogP contribution is 2.29. The Bertz CT molecular complexity index is 896. The highest BCUT2D eigenvalue weighted by Gasteiger charge is 2.23. The predicted octanol–water partition coefficient (Wildman–Crippen LogP) is 2.32. The van der Waals surface area contributed by atoms with Crippen LogP contribution in [0.2, 0.25) is 0 Å². The van der Waals surface area contributed by atoms with Crippen molar-refractivity contribution < 1.29 is 22.7 Å². The quantitative estimate of drug-likeness (QED) is 0.771. The van der Waals surface area contributed by atoms with Crippen molar-refractivity contribution in [2.75, 3.05) is 19.5 Å². The highest BCUT2D eigenvalue weighted by molar-refractivity contribution is 7.89. The van der Waals surface area contributed by atoms with Crippen LogP contribution in [0.25, 0.3) is 0 Å². The van der Waals surface area contributed by atoms with Gasteiger partial charge in [-0.1, -0.05) is 18.2 Å². The summed E-state index contributed by atoms with van der Waals surface area (Å²) in [6.45, 7) is 3.33. The number of amides is 1. The van der Waals surface area contributed by atoms with Gasteiger partial charge in [-0.25, -0.2) is 8.42 Å². The number of aryl methyl sites for hydroxylation is 1. The number of nitrogens with one attached hydrogen (secondary N) is 2. The van der Waals surface area contributed by atoms with Gasteiger partial charge in [-0.3, -0.25) is 4.79 Å². The molecule has 140 valence electrons. The number of ether oxygens (including phenoxy) is 2. The van der Waals surface area contributed by atoms with Crippen LogP contribution < -0.4 is 19.5 Å². The third-order valence-corrected chi connectivity index (χ3v) is 5.33. The molecule has 2 aromatic rings. The van der Waals surface area contributed by atoms with Crippen LogP contribution in [0.3, 0.4) is 0 Å². The molecule has 1 atom stereocenters. The van der Waals surface area contributed by atoms with E-state index in [9.17, 15) is 13.2 Å². The lowest BCUT2D eigenvalue weighted by Gasteiger charge is -2.16. The van der Waals surface area contributed by atoms with Crippen LogP contribution in [0.5, 0.6) is 11.5 Å². The van der Waals surface area contributed by atoms with E-state index in [0.717, 1.165) is 5.56 Å². The SMILES string of the molecule is COc1ccc(S(=O)(=O)NC(C)C(=O)Nc2ccccc2C)cc1OC. The summed E-state index contributed by atoms with van der Waals surface area (Å²) >= 11 is 0. The Morgan fingerprint density at radius 3 is 2.31 bits per heavy atom. The molecule has 1 unspecified atom stereocenters. The second kappa shape index (κ2) is 8.20. The number of sulfonamides is 1. The number of rotatable bonds is 7. The fourth-order valence-electron chi connectivity index (χ4n) is 2.29. The van der Waals surface area contributed by atoms with E-state index in [1.165, 1.54) is 39.3 Å². The monoisotopic (exact) mass is 378 g/mol. The maximum absolute atomic E-state index is 12.5. The van der Waals surface area contributed by atoms with Crippen molar-refractivity contribution in [3.05, 3.63) is 48.0 Å². The molecule has 0 fully saturated rings.